The molecule has 5 heteroatoms. The van der Waals surface area contributed by atoms with Crippen LogP contribution in [0.25, 0.3) is 0 Å². The summed E-state index contributed by atoms with van der Waals surface area (Å²) in [6.45, 7) is 8.50. The summed E-state index contributed by atoms with van der Waals surface area (Å²) >= 11 is 0. The fourth-order valence-corrected chi connectivity index (χ4v) is 4.28. The molecule has 2 unspecified atom stereocenters. The Hall–Kier alpha value is -2.04. The van der Waals surface area contributed by atoms with Crippen molar-refractivity contribution in [3.63, 3.8) is 0 Å². The van der Waals surface area contributed by atoms with Gasteiger partial charge in [-0.25, -0.2) is 4.79 Å². The molecular weight excluding hydrogens is 326 g/mol. The number of hydrogen-bond donors (Lipinski definition) is 1. The summed E-state index contributed by atoms with van der Waals surface area (Å²) in [5.74, 6) is 0.673. The second-order valence-electron chi connectivity index (χ2n) is 8.07. The molecule has 0 radical (unpaired) electrons. The van der Waals surface area contributed by atoms with Gasteiger partial charge in [0.25, 0.3) is 0 Å². The first-order chi connectivity index (χ1) is 12.5. The van der Waals surface area contributed by atoms with Crippen molar-refractivity contribution in [2.75, 3.05) is 25.0 Å². The van der Waals surface area contributed by atoms with Gasteiger partial charge < -0.3 is 15.1 Å². The van der Waals surface area contributed by atoms with Gasteiger partial charge in [-0.3, -0.25) is 4.79 Å². The van der Waals surface area contributed by atoms with E-state index in [1.807, 2.05) is 31.2 Å². The maximum Gasteiger partial charge on any atom is 0.321 e. The zero-order valence-corrected chi connectivity index (χ0v) is 16.2. The Morgan fingerprint density at radius 3 is 2.65 bits per heavy atom. The third-order valence-corrected chi connectivity index (χ3v) is 5.68. The average Bonchev–Trinajstić information content (AvgIpc) is 3.11. The number of benzene rings is 1. The number of aryl methyl sites for hydroxylation is 1. The van der Waals surface area contributed by atoms with E-state index in [0.717, 1.165) is 50.0 Å². The highest BCUT2D eigenvalue weighted by Gasteiger charge is 2.37. The van der Waals surface area contributed by atoms with Crippen molar-refractivity contribution in [3.8, 4) is 0 Å². The van der Waals surface area contributed by atoms with Crippen LogP contribution in [0.4, 0.5) is 10.5 Å². The highest BCUT2D eigenvalue weighted by molar-refractivity contribution is 5.90. The number of urea groups is 1. The Kier molecular flexibility index (Phi) is 5.84. The number of amides is 3. The highest BCUT2D eigenvalue weighted by atomic mass is 16.2. The van der Waals surface area contributed by atoms with Crippen LogP contribution in [-0.4, -0.2) is 47.4 Å². The van der Waals surface area contributed by atoms with Crippen LogP contribution in [0.3, 0.4) is 0 Å². The minimum absolute atomic E-state index is 0.0636. The molecular formula is C21H31N3O2. The zero-order chi connectivity index (χ0) is 18.7. The zero-order valence-electron chi connectivity index (χ0n) is 16.2. The van der Waals surface area contributed by atoms with Gasteiger partial charge >= 0.3 is 6.03 Å². The van der Waals surface area contributed by atoms with E-state index >= 15 is 0 Å². The lowest BCUT2D eigenvalue weighted by Crippen LogP contribution is -2.49. The molecule has 1 N–H and O–H groups in total. The van der Waals surface area contributed by atoms with Crippen molar-refractivity contribution in [2.24, 2.45) is 11.8 Å². The molecule has 5 nitrogen and oxygen atoms in total. The lowest BCUT2D eigenvalue weighted by atomic mass is 9.95. The smallest absolute Gasteiger partial charge is 0.321 e. The van der Waals surface area contributed by atoms with Gasteiger partial charge in [0.1, 0.15) is 0 Å². The van der Waals surface area contributed by atoms with Crippen LogP contribution in [0.5, 0.6) is 0 Å². The molecule has 0 saturated carbocycles. The second kappa shape index (κ2) is 8.11. The van der Waals surface area contributed by atoms with Gasteiger partial charge in [-0.05, 0) is 56.2 Å². The summed E-state index contributed by atoms with van der Waals surface area (Å²) in [5.41, 5.74) is 1.92. The van der Waals surface area contributed by atoms with E-state index in [9.17, 15) is 9.59 Å². The topological polar surface area (TPSA) is 52.7 Å². The third-order valence-electron chi connectivity index (χ3n) is 5.68. The van der Waals surface area contributed by atoms with E-state index in [1.165, 1.54) is 0 Å². The lowest BCUT2D eigenvalue weighted by Gasteiger charge is -2.36. The largest absolute Gasteiger partial charge is 0.339 e. The molecule has 2 heterocycles. The van der Waals surface area contributed by atoms with Crippen LogP contribution < -0.4 is 5.32 Å². The Balaban J connectivity index is 1.61. The van der Waals surface area contributed by atoms with Gasteiger partial charge in [-0.15, -0.1) is 0 Å². The van der Waals surface area contributed by atoms with E-state index in [-0.39, 0.29) is 17.9 Å². The van der Waals surface area contributed by atoms with Crippen LogP contribution in [0, 0.1) is 18.8 Å². The Morgan fingerprint density at radius 1 is 1.15 bits per heavy atom. The predicted molar refractivity (Wildman–Crippen MR) is 104 cm³/mol. The van der Waals surface area contributed by atoms with Gasteiger partial charge in [-0.2, -0.15) is 0 Å². The quantitative estimate of drug-likeness (QED) is 0.892. The first-order valence-corrected chi connectivity index (χ1v) is 9.89. The molecule has 3 rings (SSSR count). The van der Waals surface area contributed by atoms with Gasteiger partial charge in [0, 0.05) is 31.4 Å². The van der Waals surface area contributed by atoms with Crippen LogP contribution in [0.2, 0.25) is 0 Å². The van der Waals surface area contributed by atoms with Crippen molar-refractivity contribution in [3.05, 3.63) is 29.8 Å². The molecule has 0 spiro atoms. The number of carbonyl (C=O) groups is 2. The molecule has 26 heavy (non-hydrogen) atoms. The molecule has 2 saturated heterocycles. The maximum absolute atomic E-state index is 13.1. The summed E-state index contributed by atoms with van der Waals surface area (Å²) in [7, 11) is 0. The van der Waals surface area contributed by atoms with Gasteiger partial charge in [-0.1, -0.05) is 26.0 Å². The first kappa shape index (κ1) is 18.7. The van der Waals surface area contributed by atoms with E-state index < -0.39 is 0 Å². The summed E-state index contributed by atoms with van der Waals surface area (Å²) in [6.07, 6.45) is 3.97. The molecule has 0 bridgehead atoms. The minimum Gasteiger partial charge on any atom is -0.339 e. The molecule has 2 aliphatic rings. The molecule has 1 aromatic rings. The van der Waals surface area contributed by atoms with Crippen LogP contribution in [-0.2, 0) is 4.79 Å². The maximum atomic E-state index is 13.1. The predicted octanol–water partition coefficient (Wildman–Crippen LogP) is 3.89. The first-order valence-electron chi connectivity index (χ1n) is 9.89. The summed E-state index contributed by atoms with van der Waals surface area (Å²) in [6, 6.07) is 8.06. The van der Waals surface area contributed by atoms with E-state index in [4.69, 9.17) is 0 Å². The van der Waals surface area contributed by atoms with Crippen molar-refractivity contribution >= 4 is 17.6 Å². The van der Waals surface area contributed by atoms with E-state index in [2.05, 4.69) is 24.1 Å². The number of carbonyl (C=O) groups excluding carboxylic acids is 2. The molecule has 1 aromatic carbocycles. The molecule has 0 aliphatic carbocycles. The fourth-order valence-electron chi connectivity index (χ4n) is 4.28. The van der Waals surface area contributed by atoms with Crippen molar-refractivity contribution in [2.45, 2.75) is 52.5 Å². The molecule has 142 valence electrons. The summed E-state index contributed by atoms with van der Waals surface area (Å²) < 4.78 is 0. The third kappa shape index (κ3) is 4.19. The highest BCUT2D eigenvalue weighted by Crippen LogP contribution is 2.28. The van der Waals surface area contributed by atoms with E-state index in [0.29, 0.717) is 18.5 Å². The van der Waals surface area contributed by atoms with Gasteiger partial charge in [0.05, 0.1) is 5.92 Å². The Labute approximate surface area is 156 Å². The number of anilines is 1. The molecule has 2 atom stereocenters. The molecule has 0 aromatic heterocycles. The Morgan fingerprint density at radius 2 is 1.92 bits per heavy atom. The van der Waals surface area contributed by atoms with Crippen molar-refractivity contribution in [1.29, 1.82) is 0 Å². The number of hydrogen-bond acceptors (Lipinski definition) is 2. The van der Waals surface area contributed by atoms with Crippen molar-refractivity contribution in [1.82, 2.24) is 9.80 Å². The fraction of sp³-hybridized carbons (Fsp3) is 0.619. The summed E-state index contributed by atoms with van der Waals surface area (Å²) in [5, 5.41) is 2.97. The van der Waals surface area contributed by atoms with Crippen molar-refractivity contribution < 1.29 is 9.59 Å². The number of rotatable bonds is 3. The van der Waals surface area contributed by atoms with Gasteiger partial charge in [0.15, 0.2) is 0 Å². The molecule has 2 aliphatic heterocycles. The van der Waals surface area contributed by atoms with Crippen LogP contribution in [0.1, 0.15) is 45.1 Å². The number of nitrogens with one attached hydrogen (secondary N) is 1. The van der Waals surface area contributed by atoms with E-state index in [1.54, 1.807) is 4.90 Å². The van der Waals surface area contributed by atoms with Crippen LogP contribution >= 0.6 is 0 Å². The number of nitrogens with zero attached hydrogens (tertiary/aromatic N) is 2. The normalized spacial score (nSPS) is 23.4. The second-order valence-corrected chi connectivity index (χ2v) is 8.07. The molecule has 2 fully saturated rings. The SMILES string of the molecule is Cc1cccc(NC(=O)N2CCCC(C(=O)N3CCCC3C(C)C)C2)c1. The monoisotopic (exact) mass is 357 g/mol. The molecule has 3 amide bonds. The lowest BCUT2D eigenvalue weighted by molar-refractivity contribution is -0.138. The minimum atomic E-state index is -0.102. The number of piperidine rings is 1. The van der Waals surface area contributed by atoms with Crippen LogP contribution in [0.15, 0.2) is 24.3 Å². The van der Waals surface area contributed by atoms with Gasteiger partial charge in [0.2, 0.25) is 5.91 Å². The summed E-state index contributed by atoms with van der Waals surface area (Å²) in [4.78, 5) is 29.6. The average molecular weight is 357 g/mol. The standard InChI is InChI=1S/C21H31N3O2/c1-15(2)19-10-6-12-24(19)20(25)17-8-5-11-23(14-17)21(26)22-18-9-4-7-16(3)13-18/h4,7,9,13,15,17,19H,5-6,8,10-12,14H2,1-3H3,(H,22,26). The Bertz CT molecular complexity index is 658. The number of likely N-dealkylation sites (tertiary alicyclic amines) is 2.